The molecule has 0 amide bonds. The molecule has 0 aromatic heterocycles. The highest BCUT2D eigenvalue weighted by molar-refractivity contribution is 7.95. The molecular weight excluding hydrogens is 509 g/mol. The van der Waals surface area contributed by atoms with E-state index in [0.717, 1.165) is 17.3 Å². The van der Waals surface area contributed by atoms with Crippen molar-refractivity contribution in [3.05, 3.63) is 151 Å². The Labute approximate surface area is 236 Å². The van der Waals surface area contributed by atoms with Gasteiger partial charge in [0.15, 0.2) is 5.96 Å². The second kappa shape index (κ2) is 12.4. The molecule has 6 N–H and O–H groups in total. The molecule has 0 saturated carbocycles. The number of nitrogens with two attached hydrogens (primary N) is 3. The molecule has 5 aromatic rings. The van der Waals surface area contributed by atoms with E-state index in [1.54, 1.807) is 0 Å². The van der Waals surface area contributed by atoms with Gasteiger partial charge in [-0.2, -0.15) is 4.99 Å². The number of rotatable bonds is 8. The number of guanidine groups is 2. The second-order valence-electron chi connectivity index (χ2n) is 9.58. The summed E-state index contributed by atoms with van der Waals surface area (Å²) < 4.78 is 0. The van der Waals surface area contributed by atoms with E-state index in [0.29, 0.717) is 6.54 Å². The average Bonchev–Trinajstić information content (AvgIpc) is 3.00. The maximum atomic E-state index is 5.72. The van der Waals surface area contributed by atoms with Crippen molar-refractivity contribution in [1.82, 2.24) is 0 Å². The van der Waals surface area contributed by atoms with Gasteiger partial charge in [0.05, 0.1) is 12.7 Å². The molecule has 0 aliphatic rings. The van der Waals surface area contributed by atoms with Gasteiger partial charge in [-0.05, 0) is 58.7 Å². The van der Waals surface area contributed by atoms with Gasteiger partial charge >= 0.3 is 0 Å². The lowest BCUT2D eigenvalue weighted by Gasteiger charge is -2.28. The zero-order valence-electron chi connectivity index (χ0n) is 22.3. The Morgan fingerprint density at radius 3 is 1.30 bits per heavy atom. The highest BCUT2D eigenvalue weighted by Gasteiger charge is 2.45. The minimum atomic E-state index is -1.94. The molecule has 0 saturated heterocycles. The van der Waals surface area contributed by atoms with Gasteiger partial charge in [-0.15, -0.1) is 0 Å². The average molecular weight is 543 g/mol. The van der Waals surface area contributed by atoms with Gasteiger partial charge < -0.3 is 17.2 Å². The molecule has 0 fully saturated rings. The molecule has 0 radical (unpaired) electrons. The molecule has 198 valence electrons. The van der Waals surface area contributed by atoms with Crippen molar-refractivity contribution in [2.75, 3.05) is 0 Å². The van der Waals surface area contributed by atoms with Gasteiger partial charge in [0.1, 0.15) is 23.2 Å². The van der Waals surface area contributed by atoms with Crippen molar-refractivity contribution >= 4 is 35.1 Å². The maximum absolute atomic E-state index is 5.72. The lowest BCUT2D eigenvalue weighted by molar-refractivity contribution is 1.05. The summed E-state index contributed by atoms with van der Waals surface area (Å²) in [5, 5.41) is 4.15. The van der Waals surface area contributed by atoms with Crippen molar-refractivity contribution in [3.8, 4) is 11.1 Å². The summed E-state index contributed by atoms with van der Waals surface area (Å²) >= 11 is 0. The van der Waals surface area contributed by atoms with Crippen molar-refractivity contribution in [2.24, 2.45) is 27.2 Å². The minimum absolute atomic E-state index is 0.0695. The molecule has 6 heteroatoms. The molecule has 5 rings (SSSR count). The smallest absolute Gasteiger partial charge is 0.218 e. The summed E-state index contributed by atoms with van der Waals surface area (Å²) in [4.78, 5) is 7.96. The Kier molecular flexibility index (Phi) is 8.34. The number of hydrogen-bond donors (Lipinski definition) is 3. The molecule has 0 spiro atoms. The fourth-order valence-corrected chi connectivity index (χ4v) is 9.23. The van der Waals surface area contributed by atoms with Gasteiger partial charge in [0.2, 0.25) is 5.96 Å². The van der Waals surface area contributed by atoms with Crippen molar-refractivity contribution in [2.45, 2.75) is 12.7 Å². The fourth-order valence-electron chi connectivity index (χ4n) is 4.99. The highest BCUT2D eigenvalue weighted by Crippen LogP contribution is 2.58. The SMILES string of the molecule is NC(N)=NC(N)=NCc1ccc(-c2ccc(C[P+](c3ccccc3)(c3ccccc3)c3ccccc3)cc2)cc1. The number of hydrogen-bond acceptors (Lipinski definition) is 1. The zero-order valence-corrected chi connectivity index (χ0v) is 23.2. The molecule has 5 aromatic carbocycles. The van der Waals surface area contributed by atoms with Crippen LogP contribution < -0.4 is 33.1 Å². The van der Waals surface area contributed by atoms with E-state index in [9.17, 15) is 0 Å². The van der Waals surface area contributed by atoms with Gasteiger partial charge in [0, 0.05) is 0 Å². The van der Waals surface area contributed by atoms with Crippen molar-refractivity contribution < 1.29 is 0 Å². The normalized spacial score (nSPS) is 11.7. The molecule has 5 nitrogen and oxygen atoms in total. The summed E-state index contributed by atoms with van der Waals surface area (Å²) in [5.74, 6) is -0.0317. The van der Waals surface area contributed by atoms with Crippen LogP contribution in [0.25, 0.3) is 11.1 Å². The van der Waals surface area contributed by atoms with Crippen molar-refractivity contribution in [3.63, 3.8) is 0 Å². The van der Waals surface area contributed by atoms with E-state index in [1.165, 1.54) is 27.0 Å². The third-order valence-electron chi connectivity index (χ3n) is 6.92. The molecule has 0 aliphatic heterocycles. The number of aliphatic imine (C=N–C) groups is 2. The van der Waals surface area contributed by atoms with Gasteiger partial charge in [0.25, 0.3) is 0 Å². The highest BCUT2D eigenvalue weighted by atomic mass is 31.2. The Bertz CT molecular complexity index is 1480. The Balaban J connectivity index is 1.45. The Hall–Kier alpha value is -4.73. The van der Waals surface area contributed by atoms with E-state index in [1.807, 2.05) is 12.1 Å². The van der Waals surface area contributed by atoms with Crippen LogP contribution in [0.3, 0.4) is 0 Å². The first kappa shape index (κ1) is 26.9. The summed E-state index contributed by atoms with van der Waals surface area (Å²) in [6, 6.07) is 50.2. The van der Waals surface area contributed by atoms with Crippen LogP contribution in [0.15, 0.2) is 150 Å². The zero-order chi connectivity index (χ0) is 27.8. The van der Waals surface area contributed by atoms with Gasteiger partial charge in [-0.25, -0.2) is 4.99 Å². The van der Waals surface area contributed by atoms with Crippen LogP contribution in [0.1, 0.15) is 11.1 Å². The molecular formula is C34H33N5P+. The van der Waals surface area contributed by atoms with Crippen LogP contribution in [0.5, 0.6) is 0 Å². The Morgan fingerprint density at radius 1 is 0.500 bits per heavy atom. The summed E-state index contributed by atoms with van der Waals surface area (Å²) in [5.41, 5.74) is 21.1. The fraction of sp³-hybridized carbons (Fsp3) is 0.0588. The lowest BCUT2D eigenvalue weighted by Crippen LogP contribution is -2.32. The maximum Gasteiger partial charge on any atom is 0.218 e. The quantitative estimate of drug-likeness (QED) is 0.147. The predicted molar refractivity (Wildman–Crippen MR) is 172 cm³/mol. The lowest BCUT2D eigenvalue weighted by atomic mass is 10.0. The molecule has 0 unspecified atom stereocenters. The first-order valence-electron chi connectivity index (χ1n) is 13.2. The Morgan fingerprint density at radius 2 is 0.900 bits per heavy atom. The van der Waals surface area contributed by atoms with Crippen molar-refractivity contribution in [1.29, 1.82) is 0 Å². The molecule has 40 heavy (non-hydrogen) atoms. The first-order chi connectivity index (χ1) is 19.5. The predicted octanol–water partition coefficient (Wildman–Crippen LogP) is 4.94. The standard InChI is InChI=1S/C34H33N5P/c35-33(36)39-34(37)38-24-26-16-20-28(21-17-26)29-22-18-27(19-23-29)25-40(30-10-4-1-5-11-30,31-12-6-2-7-13-31)32-14-8-3-9-15-32/h1-23H,24-25H2,(H6,35,36,37,38,39)/q+1. The van der Waals surface area contributed by atoms with Crippen LogP contribution in [0.2, 0.25) is 0 Å². The van der Waals surface area contributed by atoms with Crippen LogP contribution in [0.4, 0.5) is 0 Å². The third kappa shape index (κ3) is 6.12. The molecule has 0 atom stereocenters. The summed E-state index contributed by atoms with van der Waals surface area (Å²) in [6.45, 7) is 0.409. The minimum Gasteiger partial charge on any atom is -0.370 e. The van der Waals surface area contributed by atoms with E-state index in [-0.39, 0.29) is 11.9 Å². The van der Waals surface area contributed by atoms with Crippen LogP contribution in [-0.4, -0.2) is 11.9 Å². The summed E-state index contributed by atoms with van der Waals surface area (Å²) in [7, 11) is -1.94. The van der Waals surface area contributed by atoms with Gasteiger partial charge in [-0.1, -0.05) is 103 Å². The summed E-state index contributed by atoms with van der Waals surface area (Å²) in [6.07, 6.45) is 0.944. The monoisotopic (exact) mass is 542 g/mol. The second-order valence-corrected chi connectivity index (χ2v) is 13.1. The van der Waals surface area contributed by atoms with Crippen LogP contribution in [-0.2, 0) is 12.7 Å². The number of nitrogens with zero attached hydrogens (tertiary/aromatic N) is 2. The molecule has 0 bridgehead atoms. The molecule has 0 aliphatic carbocycles. The van der Waals surface area contributed by atoms with Crippen LogP contribution >= 0.6 is 7.26 Å². The van der Waals surface area contributed by atoms with E-state index in [2.05, 4.69) is 137 Å². The third-order valence-corrected chi connectivity index (χ3v) is 11.3. The largest absolute Gasteiger partial charge is 0.370 e. The van der Waals surface area contributed by atoms with E-state index in [4.69, 9.17) is 17.2 Å². The van der Waals surface area contributed by atoms with E-state index >= 15 is 0 Å². The topological polar surface area (TPSA) is 103 Å². The van der Waals surface area contributed by atoms with Crippen LogP contribution in [0, 0.1) is 0 Å². The number of benzene rings is 5. The van der Waals surface area contributed by atoms with E-state index < -0.39 is 7.26 Å². The van der Waals surface area contributed by atoms with Gasteiger partial charge in [-0.3, -0.25) is 0 Å². The first-order valence-corrected chi connectivity index (χ1v) is 15.1. The molecule has 0 heterocycles.